The minimum absolute atomic E-state index is 0.132. The van der Waals surface area contributed by atoms with Gasteiger partial charge in [-0.15, -0.1) is 0 Å². The molecule has 0 aliphatic heterocycles. The molecule has 0 amide bonds. The number of carboxylic acids is 1. The minimum Gasteiger partial charge on any atom is -0.481 e. The lowest BCUT2D eigenvalue weighted by Gasteiger charge is -2.33. The Kier molecular flexibility index (Phi) is 5.32. The van der Waals surface area contributed by atoms with Crippen LogP contribution in [0.3, 0.4) is 0 Å². The van der Waals surface area contributed by atoms with Crippen molar-refractivity contribution in [3.05, 3.63) is 29.8 Å². The molecule has 0 saturated heterocycles. The number of aliphatic carboxylic acids is 1. The predicted molar refractivity (Wildman–Crippen MR) is 80.2 cm³/mol. The first-order valence-electron chi connectivity index (χ1n) is 6.82. The summed E-state index contributed by atoms with van der Waals surface area (Å²) in [7, 11) is -2.52. The average Bonchev–Trinajstić information content (AvgIpc) is 2.35. The van der Waals surface area contributed by atoms with Crippen molar-refractivity contribution >= 4 is 19.5 Å². The van der Waals surface area contributed by atoms with Crippen molar-refractivity contribution in [3.63, 3.8) is 0 Å². The topological polar surface area (TPSA) is 57.5 Å². The van der Waals surface area contributed by atoms with Crippen molar-refractivity contribution in [1.82, 2.24) is 0 Å². The number of carbonyl (C=O) groups is 1. The fourth-order valence-corrected chi connectivity index (χ4v) is 6.01. The van der Waals surface area contributed by atoms with Crippen molar-refractivity contribution in [2.24, 2.45) is 0 Å². The highest BCUT2D eigenvalue weighted by Gasteiger charge is 2.40. The molecule has 19 heavy (non-hydrogen) atoms. The first kappa shape index (κ1) is 15.9. The molecule has 0 aliphatic carbocycles. The number of carboxylic acid groups (broad SMARTS) is 1. The lowest BCUT2D eigenvalue weighted by molar-refractivity contribution is -0.136. The van der Waals surface area contributed by atoms with Gasteiger partial charge in [-0.3, -0.25) is 4.79 Å². The highest BCUT2D eigenvalue weighted by Crippen LogP contribution is 2.29. The van der Waals surface area contributed by atoms with E-state index in [-0.39, 0.29) is 17.5 Å². The Morgan fingerprint density at radius 3 is 2.26 bits per heavy atom. The van der Waals surface area contributed by atoms with Crippen LogP contribution in [0.2, 0.25) is 11.1 Å². The SMILES string of the molecule is CC(C)[Si](O)(c1cccc(CCC(=O)O)c1)C(C)C. The van der Waals surface area contributed by atoms with Gasteiger partial charge in [-0.25, -0.2) is 0 Å². The van der Waals surface area contributed by atoms with Crippen molar-refractivity contribution in [1.29, 1.82) is 0 Å². The van der Waals surface area contributed by atoms with Gasteiger partial charge in [0.25, 0.3) is 0 Å². The molecule has 0 aliphatic rings. The van der Waals surface area contributed by atoms with E-state index in [1.54, 1.807) is 0 Å². The number of rotatable bonds is 6. The van der Waals surface area contributed by atoms with Gasteiger partial charge >= 0.3 is 5.97 Å². The van der Waals surface area contributed by atoms with Gasteiger partial charge in [-0.2, -0.15) is 0 Å². The quantitative estimate of drug-likeness (QED) is 0.788. The molecule has 1 aromatic carbocycles. The Balaban J connectivity index is 3.06. The van der Waals surface area contributed by atoms with Crippen LogP contribution in [-0.2, 0) is 11.2 Å². The maximum atomic E-state index is 11.1. The molecule has 0 atom stereocenters. The van der Waals surface area contributed by atoms with Crippen molar-refractivity contribution in [3.8, 4) is 0 Å². The average molecular weight is 280 g/mol. The largest absolute Gasteiger partial charge is 0.481 e. The molecule has 2 N–H and O–H groups in total. The fourth-order valence-electron chi connectivity index (χ4n) is 2.56. The van der Waals surface area contributed by atoms with Gasteiger partial charge in [0.05, 0.1) is 0 Å². The summed E-state index contributed by atoms with van der Waals surface area (Å²) < 4.78 is 0. The number of hydrogen-bond donors (Lipinski definition) is 2. The molecule has 0 unspecified atom stereocenters. The molecule has 0 heterocycles. The normalized spacial score (nSPS) is 12.2. The molecular formula is C15H24O3Si. The van der Waals surface area contributed by atoms with Crippen LogP contribution in [-0.4, -0.2) is 24.2 Å². The number of hydrogen-bond acceptors (Lipinski definition) is 2. The van der Waals surface area contributed by atoms with Crippen LogP contribution in [0.25, 0.3) is 0 Å². The van der Waals surface area contributed by atoms with Gasteiger partial charge in [0.1, 0.15) is 0 Å². The third-order valence-corrected chi connectivity index (χ3v) is 8.53. The third kappa shape index (κ3) is 3.67. The van der Waals surface area contributed by atoms with Gasteiger partial charge in [0, 0.05) is 6.42 Å². The maximum absolute atomic E-state index is 11.1. The standard InChI is InChI=1S/C15H24O3Si/c1-11(2)19(18,12(3)4)14-7-5-6-13(10-14)8-9-15(16)17/h5-7,10-12,18H,8-9H2,1-4H3,(H,16,17). The van der Waals surface area contributed by atoms with E-state index in [4.69, 9.17) is 5.11 Å². The predicted octanol–water partition coefficient (Wildman–Crippen LogP) is 2.67. The van der Waals surface area contributed by atoms with E-state index in [9.17, 15) is 9.59 Å². The number of aryl methyl sites for hydroxylation is 1. The van der Waals surface area contributed by atoms with Crippen molar-refractivity contribution < 1.29 is 14.7 Å². The molecule has 0 saturated carbocycles. The Hall–Kier alpha value is -1.13. The summed E-state index contributed by atoms with van der Waals surface area (Å²) in [6, 6.07) is 7.84. The first-order valence-corrected chi connectivity index (χ1v) is 8.92. The second-order valence-corrected chi connectivity index (χ2v) is 10.3. The van der Waals surface area contributed by atoms with Crippen LogP contribution in [0.1, 0.15) is 39.7 Å². The van der Waals surface area contributed by atoms with Gasteiger partial charge in [-0.05, 0) is 28.3 Å². The minimum atomic E-state index is -2.52. The summed E-state index contributed by atoms with van der Waals surface area (Å²) in [6.45, 7) is 8.26. The molecule has 1 rings (SSSR count). The zero-order valence-electron chi connectivity index (χ0n) is 12.2. The number of benzene rings is 1. The molecule has 1 aromatic rings. The van der Waals surface area contributed by atoms with Crippen LogP contribution in [0, 0.1) is 0 Å². The van der Waals surface area contributed by atoms with E-state index >= 15 is 0 Å². The molecule has 106 valence electrons. The lowest BCUT2D eigenvalue weighted by Crippen LogP contribution is -2.53. The Labute approximate surface area is 116 Å². The first-order chi connectivity index (χ1) is 8.78. The van der Waals surface area contributed by atoms with Crippen LogP contribution < -0.4 is 5.19 Å². The highest BCUT2D eigenvalue weighted by atomic mass is 28.4. The van der Waals surface area contributed by atoms with Gasteiger partial charge < -0.3 is 9.90 Å². The monoisotopic (exact) mass is 280 g/mol. The Bertz CT molecular complexity index is 433. The van der Waals surface area contributed by atoms with Crippen LogP contribution in [0.5, 0.6) is 0 Å². The van der Waals surface area contributed by atoms with E-state index in [2.05, 4.69) is 27.7 Å². The lowest BCUT2D eigenvalue weighted by atomic mass is 10.1. The van der Waals surface area contributed by atoms with Gasteiger partial charge in [0.2, 0.25) is 8.32 Å². The van der Waals surface area contributed by atoms with Crippen molar-refractivity contribution in [2.75, 3.05) is 0 Å². The second kappa shape index (κ2) is 6.35. The van der Waals surface area contributed by atoms with Crippen LogP contribution >= 0.6 is 0 Å². The van der Waals surface area contributed by atoms with E-state index < -0.39 is 14.3 Å². The van der Waals surface area contributed by atoms with E-state index in [0.717, 1.165) is 10.8 Å². The summed E-state index contributed by atoms with van der Waals surface area (Å²) in [5.74, 6) is -0.786. The zero-order valence-corrected chi connectivity index (χ0v) is 13.2. The van der Waals surface area contributed by atoms with Crippen LogP contribution in [0.15, 0.2) is 24.3 Å². The molecule has 0 spiro atoms. The van der Waals surface area contributed by atoms with Crippen LogP contribution in [0.4, 0.5) is 0 Å². The van der Waals surface area contributed by atoms with Gasteiger partial charge in [0.15, 0.2) is 0 Å². The maximum Gasteiger partial charge on any atom is 0.303 e. The summed E-state index contributed by atoms with van der Waals surface area (Å²) in [4.78, 5) is 21.7. The molecule has 0 aromatic heterocycles. The van der Waals surface area contributed by atoms with E-state index in [1.807, 2.05) is 24.3 Å². The molecule has 0 radical (unpaired) electrons. The molecule has 0 fully saturated rings. The third-order valence-electron chi connectivity index (χ3n) is 3.78. The molecular weight excluding hydrogens is 256 g/mol. The summed E-state index contributed by atoms with van der Waals surface area (Å²) in [6.07, 6.45) is 0.649. The Morgan fingerprint density at radius 1 is 1.21 bits per heavy atom. The zero-order chi connectivity index (χ0) is 14.6. The van der Waals surface area contributed by atoms with Crippen molar-refractivity contribution in [2.45, 2.75) is 51.6 Å². The van der Waals surface area contributed by atoms with Gasteiger partial charge in [-0.1, -0.05) is 52.0 Å². The second-order valence-electron chi connectivity index (χ2n) is 5.73. The molecule has 4 heteroatoms. The molecule has 3 nitrogen and oxygen atoms in total. The summed E-state index contributed by atoms with van der Waals surface area (Å²) in [5, 5.41) is 9.75. The summed E-state index contributed by atoms with van der Waals surface area (Å²) in [5.41, 5.74) is 1.47. The smallest absolute Gasteiger partial charge is 0.303 e. The fraction of sp³-hybridized carbons (Fsp3) is 0.533. The molecule has 0 bridgehead atoms. The Morgan fingerprint density at radius 2 is 1.79 bits per heavy atom. The summed E-state index contributed by atoms with van der Waals surface area (Å²) >= 11 is 0. The van der Waals surface area contributed by atoms with E-state index in [0.29, 0.717) is 6.42 Å². The highest BCUT2D eigenvalue weighted by molar-refractivity contribution is 6.87. The van der Waals surface area contributed by atoms with E-state index in [1.165, 1.54) is 0 Å².